The molecule has 1 aromatic carbocycles. The van der Waals surface area contributed by atoms with Gasteiger partial charge in [0.2, 0.25) is 0 Å². The van der Waals surface area contributed by atoms with E-state index in [9.17, 15) is 0 Å². The average Bonchev–Trinajstić information content (AvgIpc) is 2.52. The fourth-order valence-corrected chi connectivity index (χ4v) is 1.76. The Morgan fingerprint density at radius 2 is 2.00 bits per heavy atom. The van der Waals surface area contributed by atoms with Gasteiger partial charge in [0.25, 0.3) is 0 Å². The Morgan fingerprint density at radius 1 is 1.20 bits per heavy atom. The standard InChI is InChI=1S/C16H17N3O/c1-2-18-11-13-3-5-16(6-4-13)20-12-14-7-8-19-15(9-14)10-17/h3-9,18H,2,11-12H2,1H3. The molecule has 0 radical (unpaired) electrons. The largest absolute Gasteiger partial charge is 0.489 e. The summed E-state index contributed by atoms with van der Waals surface area (Å²) in [4.78, 5) is 3.93. The Hall–Kier alpha value is -2.38. The summed E-state index contributed by atoms with van der Waals surface area (Å²) in [6, 6.07) is 13.6. The van der Waals surface area contributed by atoms with E-state index in [-0.39, 0.29) is 0 Å². The van der Waals surface area contributed by atoms with E-state index in [4.69, 9.17) is 10.00 Å². The summed E-state index contributed by atoms with van der Waals surface area (Å²) in [7, 11) is 0. The quantitative estimate of drug-likeness (QED) is 0.874. The maximum Gasteiger partial charge on any atom is 0.140 e. The van der Waals surface area contributed by atoms with Crippen molar-refractivity contribution in [2.24, 2.45) is 0 Å². The molecule has 2 aromatic rings. The van der Waals surface area contributed by atoms with Gasteiger partial charge in [0.05, 0.1) is 0 Å². The number of nitriles is 1. The molecule has 0 aliphatic rings. The lowest BCUT2D eigenvalue weighted by Gasteiger charge is -2.07. The molecule has 4 nitrogen and oxygen atoms in total. The van der Waals surface area contributed by atoms with Crippen molar-refractivity contribution in [2.75, 3.05) is 6.54 Å². The molecule has 2 rings (SSSR count). The normalized spacial score (nSPS) is 10.0. The van der Waals surface area contributed by atoms with E-state index in [0.717, 1.165) is 24.4 Å². The molecule has 1 N–H and O–H groups in total. The fourth-order valence-electron chi connectivity index (χ4n) is 1.76. The number of rotatable bonds is 6. The van der Waals surface area contributed by atoms with Gasteiger partial charge >= 0.3 is 0 Å². The average molecular weight is 267 g/mol. The zero-order chi connectivity index (χ0) is 14.2. The Balaban J connectivity index is 1.92. The van der Waals surface area contributed by atoms with Crippen molar-refractivity contribution in [3.8, 4) is 11.8 Å². The third-order valence-corrected chi connectivity index (χ3v) is 2.85. The maximum absolute atomic E-state index is 8.79. The molecule has 0 saturated heterocycles. The number of pyridine rings is 1. The first kappa shape index (κ1) is 14.0. The molecule has 0 spiro atoms. The van der Waals surface area contributed by atoms with Crippen LogP contribution in [0.2, 0.25) is 0 Å². The third-order valence-electron chi connectivity index (χ3n) is 2.85. The van der Waals surface area contributed by atoms with Crippen molar-refractivity contribution >= 4 is 0 Å². The number of ether oxygens (including phenoxy) is 1. The number of hydrogen-bond acceptors (Lipinski definition) is 4. The first-order valence-corrected chi connectivity index (χ1v) is 6.59. The van der Waals surface area contributed by atoms with E-state index in [1.54, 1.807) is 12.3 Å². The van der Waals surface area contributed by atoms with Gasteiger partial charge in [-0.3, -0.25) is 0 Å². The number of hydrogen-bond donors (Lipinski definition) is 1. The number of benzene rings is 1. The van der Waals surface area contributed by atoms with Crippen LogP contribution in [0.1, 0.15) is 23.7 Å². The molecule has 4 heteroatoms. The van der Waals surface area contributed by atoms with E-state index in [2.05, 4.69) is 17.2 Å². The van der Waals surface area contributed by atoms with E-state index >= 15 is 0 Å². The summed E-state index contributed by atoms with van der Waals surface area (Å²) >= 11 is 0. The third kappa shape index (κ3) is 4.08. The molecule has 102 valence electrons. The van der Waals surface area contributed by atoms with Gasteiger partial charge < -0.3 is 10.1 Å². The summed E-state index contributed by atoms with van der Waals surface area (Å²) < 4.78 is 5.69. The lowest BCUT2D eigenvalue weighted by molar-refractivity contribution is 0.306. The van der Waals surface area contributed by atoms with Gasteiger partial charge in [-0.1, -0.05) is 19.1 Å². The molecule has 20 heavy (non-hydrogen) atoms. The molecule has 0 saturated carbocycles. The van der Waals surface area contributed by atoms with E-state index in [0.29, 0.717) is 12.3 Å². The molecule has 1 heterocycles. The van der Waals surface area contributed by atoms with Crippen molar-refractivity contribution in [1.82, 2.24) is 10.3 Å². The topological polar surface area (TPSA) is 57.9 Å². The monoisotopic (exact) mass is 267 g/mol. The zero-order valence-electron chi connectivity index (χ0n) is 11.5. The molecular formula is C16H17N3O. The van der Waals surface area contributed by atoms with Crippen LogP contribution in [-0.4, -0.2) is 11.5 Å². The Bertz CT molecular complexity index is 587. The second-order valence-corrected chi connectivity index (χ2v) is 4.37. The molecule has 0 unspecified atom stereocenters. The Morgan fingerprint density at radius 3 is 2.70 bits per heavy atom. The van der Waals surface area contributed by atoms with Crippen LogP contribution < -0.4 is 10.1 Å². The van der Waals surface area contributed by atoms with E-state index < -0.39 is 0 Å². The van der Waals surface area contributed by atoms with Crippen LogP contribution >= 0.6 is 0 Å². The van der Waals surface area contributed by atoms with Crippen molar-refractivity contribution < 1.29 is 4.74 Å². The van der Waals surface area contributed by atoms with Gasteiger partial charge in [-0.25, -0.2) is 4.98 Å². The first-order valence-electron chi connectivity index (χ1n) is 6.59. The highest BCUT2D eigenvalue weighted by atomic mass is 16.5. The highest BCUT2D eigenvalue weighted by molar-refractivity contribution is 5.29. The lowest BCUT2D eigenvalue weighted by Crippen LogP contribution is -2.11. The predicted octanol–water partition coefficient (Wildman–Crippen LogP) is 2.64. The van der Waals surface area contributed by atoms with Gasteiger partial charge in [-0.15, -0.1) is 0 Å². The molecule has 0 aliphatic heterocycles. The highest BCUT2D eigenvalue weighted by Crippen LogP contribution is 2.14. The summed E-state index contributed by atoms with van der Waals surface area (Å²) in [5.74, 6) is 0.820. The minimum atomic E-state index is 0.409. The molecule has 0 bridgehead atoms. The summed E-state index contributed by atoms with van der Waals surface area (Å²) in [5.41, 5.74) is 2.58. The Kier molecular flexibility index (Phi) is 5.10. The van der Waals surface area contributed by atoms with Crippen molar-refractivity contribution in [3.63, 3.8) is 0 Å². The molecule has 0 atom stereocenters. The van der Waals surface area contributed by atoms with Crippen LogP contribution in [0.4, 0.5) is 0 Å². The van der Waals surface area contributed by atoms with Crippen LogP contribution in [0.3, 0.4) is 0 Å². The second kappa shape index (κ2) is 7.27. The zero-order valence-corrected chi connectivity index (χ0v) is 11.5. The van der Waals surface area contributed by atoms with Gasteiger partial charge in [0.1, 0.15) is 24.1 Å². The van der Waals surface area contributed by atoms with Crippen LogP contribution in [0.25, 0.3) is 0 Å². The Labute approximate surface area is 119 Å². The number of nitrogens with one attached hydrogen (secondary N) is 1. The van der Waals surface area contributed by atoms with Gasteiger partial charge in [-0.2, -0.15) is 5.26 Å². The van der Waals surface area contributed by atoms with Crippen molar-refractivity contribution in [3.05, 3.63) is 59.4 Å². The minimum absolute atomic E-state index is 0.409. The fraction of sp³-hybridized carbons (Fsp3) is 0.250. The van der Waals surface area contributed by atoms with Gasteiger partial charge in [-0.05, 0) is 41.9 Å². The van der Waals surface area contributed by atoms with Crippen molar-refractivity contribution in [1.29, 1.82) is 5.26 Å². The first-order chi connectivity index (χ1) is 9.81. The van der Waals surface area contributed by atoms with E-state index in [1.807, 2.05) is 36.4 Å². The van der Waals surface area contributed by atoms with Crippen LogP contribution in [0, 0.1) is 11.3 Å². The summed E-state index contributed by atoms with van der Waals surface area (Å²) in [5, 5.41) is 12.1. The highest BCUT2D eigenvalue weighted by Gasteiger charge is 1.99. The number of aromatic nitrogens is 1. The van der Waals surface area contributed by atoms with Gasteiger partial charge in [0, 0.05) is 12.7 Å². The van der Waals surface area contributed by atoms with Crippen LogP contribution in [0.15, 0.2) is 42.6 Å². The van der Waals surface area contributed by atoms with Crippen LogP contribution in [-0.2, 0) is 13.2 Å². The molecule has 1 aromatic heterocycles. The molecule has 0 amide bonds. The smallest absolute Gasteiger partial charge is 0.140 e. The lowest BCUT2D eigenvalue weighted by atomic mass is 10.2. The maximum atomic E-state index is 8.79. The molecular weight excluding hydrogens is 250 g/mol. The van der Waals surface area contributed by atoms with Gasteiger partial charge in [0.15, 0.2) is 0 Å². The summed E-state index contributed by atoms with van der Waals surface area (Å²) in [6.07, 6.45) is 1.62. The second-order valence-electron chi connectivity index (χ2n) is 4.37. The predicted molar refractivity (Wildman–Crippen MR) is 77.1 cm³/mol. The summed E-state index contributed by atoms with van der Waals surface area (Å²) in [6.45, 7) is 4.35. The minimum Gasteiger partial charge on any atom is -0.489 e. The van der Waals surface area contributed by atoms with Crippen molar-refractivity contribution in [2.45, 2.75) is 20.1 Å². The number of nitrogens with zero attached hydrogens (tertiary/aromatic N) is 2. The van der Waals surface area contributed by atoms with Crippen LogP contribution in [0.5, 0.6) is 5.75 Å². The molecule has 0 aliphatic carbocycles. The van der Waals surface area contributed by atoms with E-state index in [1.165, 1.54) is 5.56 Å². The SMILES string of the molecule is CCNCc1ccc(OCc2ccnc(C#N)c2)cc1. The molecule has 0 fully saturated rings.